The first-order valence-electron chi connectivity index (χ1n) is 3.61. The average Bonchev–Trinajstić information content (AvgIpc) is 2.03. The van der Waals surface area contributed by atoms with Crippen molar-refractivity contribution in [3.05, 3.63) is 46.5 Å². The summed E-state index contributed by atoms with van der Waals surface area (Å²) in [5.74, 6) is 5.92. The predicted octanol–water partition coefficient (Wildman–Crippen LogP) is 3.38. The van der Waals surface area contributed by atoms with Gasteiger partial charge in [-0.3, -0.25) is 0 Å². The molecule has 1 aromatic rings. The number of hydrogen-bond donors (Lipinski definition) is 0. The first kappa shape index (κ1) is 9.09. The molecule has 1 heteroatoms. The Hall–Kier alpha value is -1.000. The summed E-state index contributed by atoms with van der Waals surface area (Å²) in [5.41, 5.74) is 1.90. The van der Waals surface area contributed by atoms with Crippen molar-refractivity contribution in [2.75, 3.05) is 0 Å². The van der Waals surface area contributed by atoms with E-state index in [2.05, 4.69) is 34.3 Å². The highest BCUT2D eigenvalue weighted by molar-refractivity contribution is 9.10. The van der Waals surface area contributed by atoms with Crippen molar-refractivity contribution in [2.45, 2.75) is 6.92 Å². The largest absolute Gasteiger partial charge is 0.0877 e. The Balaban J connectivity index is 2.86. The van der Waals surface area contributed by atoms with Gasteiger partial charge in [0.05, 0.1) is 0 Å². The second-order valence-corrected chi connectivity index (χ2v) is 3.45. The maximum atomic E-state index is 3.70. The van der Waals surface area contributed by atoms with E-state index in [1.54, 1.807) is 0 Å². The van der Waals surface area contributed by atoms with Crippen LogP contribution in [0.25, 0.3) is 0 Å². The summed E-state index contributed by atoms with van der Waals surface area (Å²) in [4.78, 5) is 0. The zero-order valence-corrected chi connectivity index (χ0v) is 8.48. The summed E-state index contributed by atoms with van der Waals surface area (Å²) in [6.45, 7) is 5.60. The molecule has 0 heterocycles. The molecule has 1 rings (SSSR count). The fourth-order valence-corrected chi connectivity index (χ4v) is 0.976. The van der Waals surface area contributed by atoms with Crippen molar-refractivity contribution in [1.82, 2.24) is 0 Å². The van der Waals surface area contributed by atoms with E-state index < -0.39 is 0 Å². The molecule has 0 N–H and O–H groups in total. The Labute approximate surface area is 81.4 Å². The second-order valence-electron chi connectivity index (χ2n) is 2.54. The molecule has 0 radical (unpaired) electrons. The van der Waals surface area contributed by atoms with Crippen LogP contribution in [-0.2, 0) is 0 Å². The Kier molecular flexibility index (Phi) is 3.13. The normalized spacial score (nSPS) is 8.50. The van der Waals surface area contributed by atoms with Gasteiger partial charge in [-0.1, -0.05) is 34.3 Å². The fraction of sp³-hybridized carbons (Fsp3) is 0.0909. The number of hydrogen-bond acceptors (Lipinski definition) is 0. The molecule has 0 amide bonds. The summed E-state index contributed by atoms with van der Waals surface area (Å²) < 4.78 is 1.07. The van der Waals surface area contributed by atoms with E-state index >= 15 is 0 Å². The molecule has 0 saturated carbocycles. The highest BCUT2D eigenvalue weighted by Gasteiger charge is 1.85. The van der Waals surface area contributed by atoms with E-state index in [4.69, 9.17) is 0 Å². The van der Waals surface area contributed by atoms with Crippen LogP contribution in [0.15, 0.2) is 40.9 Å². The lowest BCUT2D eigenvalue weighted by Gasteiger charge is -1.89. The molecule has 0 nitrogen and oxygen atoms in total. The zero-order valence-electron chi connectivity index (χ0n) is 6.89. The third kappa shape index (κ3) is 2.94. The molecule has 1 aromatic carbocycles. The van der Waals surface area contributed by atoms with E-state index in [1.807, 2.05) is 31.2 Å². The van der Waals surface area contributed by atoms with Crippen molar-refractivity contribution in [1.29, 1.82) is 0 Å². The van der Waals surface area contributed by atoms with Crippen LogP contribution < -0.4 is 0 Å². The number of halogens is 1. The molecule has 0 spiro atoms. The van der Waals surface area contributed by atoms with Crippen LogP contribution in [0.4, 0.5) is 0 Å². The summed E-state index contributed by atoms with van der Waals surface area (Å²) >= 11 is 3.36. The summed E-state index contributed by atoms with van der Waals surface area (Å²) in [6, 6.07) is 7.89. The second kappa shape index (κ2) is 4.13. The molecule has 0 fully saturated rings. The molecule has 0 aliphatic carbocycles. The van der Waals surface area contributed by atoms with Gasteiger partial charge in [0.1, 0.15) is 0 Å². The van der Waals surface area contributed by atoms with Crippen LogP contribution >= 0.6 is 15.9 Å². The Morgan fingerprint density at radius 3 is 2.42 bits per heavy atom. The molecular weight excluding hydrogens is 212 g/mol. The van der Waals surface area contributed by atoms with Gasteiger partial charge in [-0.15, -0.1) is 0 Å². The smallest absolute Gasteiger partial charge is 0.0249 e. The molecule has 0 atom stereocenters. The van der Waals surface area contributed by atoms with Gasteiger partial charge >= 0.3 is 0 Å². The Bertz CT molecular complexity index is 336. The lowest BCUT2D eigenvalue weighted by molar-refractivity contribution is 1.58. The van der Waals surface area contributed by atoms with Gasteiger partial charge in [0.15, 0.2) is 0 Å². The SMILES string of the molecule is C=C(C)C#Cc1ccc(Br)cc1. The van der Waals surface area contributed by atoms with Crippen molar-refractivity contribution in [3.63, 3.8) is 0 Å². The van der Waals surface area contributed by atoms with Gasteiger partial charge in [-0.25, -0.2) is 0 Å². The molecule has 0 bridgehead atoms. The minimum Gasteiger partial charge on any atom is -0.0877 e. The van der Waals surface area contributed by atoms with Crippen molar-refractivity contribution in [2.24, 2.45) is 0 Å². The summed E-state index contributed by atoms with van der Waals surface area (Å²) in [7, 11) is 0. The van der Waals surface area contributed by atoms with Crippen LogP contribution in [0.1, 0.15) is 12.5 Å². The molecular formula is C11H9Br. The molecule has 12 heavy (non-hydrogen) atoms. The van der Waals surface area contributed by atoms with E-state index in [-0.39, 0.29) is 0 Å². The average molecular weight is 221 g/mol. The minimum absolute atomic E-state index is 0.887. The summed E-state index contributed by atoms with van der Waals surface area (Å²) in [6.07, 6.45) is 0. The lowest BCUT2D eigenvalue weighted by atomic mass is 10.2. The minimum atomic E-state index is 0.887. The topological polar surface area (TPSA) is 0 Å². The van der Waals surface area contributed by atoms with E-state index in [0.29, 0.717) is 0 Å². The van der Waals surface area contributed by atoms with Crippen molar-refractivity contribution in [3.8, 4) is 11.8 Å². The van der Waals surface area contributed by atoms with Crippen molar-refractivity contribution < 1.29 is 0 Å². The van der Waals surface area contributed by atoms with Gasteiger partial charge in [-0.2, -0.15) is 0 Å². The molecule has 0 aliphatic rings. The van der Waals surface area contributed by atoms with Crippen LogP contribution in [0.3, 0.4) is 0 Å². The maximum absolute atomic E-state index is 3.70. The van der Waals surface area contributed by atoms with E-state index in [9.17, 15) is 0 Å². The molecule has 0 unspecified atom stereocenters. The highest BCUT2D eigenvalue weighted by Crippen LogP contribution is 2.09. The standard InChI is InChI=1S/C11H9Br/c1-9(2)3-4-10-5-7-11(12)8-6-10/h5-8H,1H2,2H3. The third-order valence-corrected chi connectivity index (χ3v) is 1.79. The lowest BCUT2D eigenvalue weighted by Crippen LogP contribution is -1.72. The van der Waals surface area contributed by atoms with Crippen molar-refractivity contribution >= 4 is 15.9 Å². The third-order valence-electron chi connectivity index (χ3n) is 1.26. The van der Waals surface area contributed by atoms with Crippen LogP contribution in [0.5, 0.6) is 0 Å². The first-order chi connectivity index (χ1) is 5.68. The summed E-state index contributed by atoms with van der Waals surface area (Å²) in [5, 5.41) is 0. The van der Waals surface area contributed by atoms with Gasteiger partial charge < -0.3 is 0 Å². The van der Waals surface area contributed by atoms with E-state index in [0.717, 1.165) is 15.6 Å². The maximum Gasteiger partial charge on any atom is 0.0249 e. The quantitative estimate of drug-likeness (QED) is 0.589. The Morgan fingerprint density at radius 2 is 1.92 bits per heavy atom. The van der Waals surface area contributed by atoms with Crippen LogP contribution in [0, 0.1) is 11.8 Å². The van der Waals surface area contributed by atoms with Gasteiger partial charge in [0.2, 0.25) is 0 Å². The number of rotatable bonds is 0. The van der Waals surface area contributed by atoms with Crippen LogP contribution in [0.2, 0.25) is 0 Å². The highest BCUT2D eigenvalue weighted by atomic mass is 79.9. The predicted molar refractivity (Wildman–Crippen MR) is 55.8 cm³/mol. The van der Waals surface area contributed by atoms with Gasteiger partial charge in [0.25, 0.3) is 0 Å². The Morgan fingerprint density at radius 1 is 1.33 bits per heavy atom. The van der Waals surface area contributed by atoms with Gasteiger partial charge in [0, 0.05) is 10.0 Å². The van der Waals surface area contributed by atoms with Gasteiger partial charge in [-0.05, 0) is 36.8 Å². The molecule has 60 valence electrons. The first-order valence-corrected chi connectivity index (χ1v) is 4.41. The fourth-order valence-electron chi connectivity index (χ4n) is 0.712. The molecule has 0 aromatic heterocycles. The number of allylic oxidation sites excluding steroid dienone is 1. The molecule has 0 aliphatic heterocycles. The van der Waals surface area contributed by atoms with E-state index in [1.165, 1.54) is 0 Å². The number of benzene rings is 1. The van der Waals surface area contributed by atoms with Crippen LogP contribution in [-0.4, -0.2) is 0 Å². The zero-order chi connectivity index (χ0) is 8.97. The molecule has 0 saturated heterocycles. The monoisotopic (exact) mass is 220 g/mol.